The highest BCUT2D eigenvalue weighted by atomic mass is 16.5. The van der Waals surface area contributed by atoms with Crippen LogP contribution in [0.15, 0.2) is 24.3 Å². The first kappa shape index (κ1) is 13.9. The Morgan fingerprint density at radius 1 is 1.29 bits per heavy atom. The van der Waals surface area contributed by atoms with Crippen LogP contribution in [0.2, 0.25) is 0 Å². The lowest BCUT2D eigenvalue weighted by molar-refractivity contribution is 0.177. The summed E-state index contributed by atoms with van der Waals surface area (Å²) in [6.07, 6.45) is 1.83. The van der Waals surface area contributed by atoms with Crippen molar-refractivity contribution in [3.63, 3.8) is 0 Å². The van der Waals surface area contributed by atoms with Gasteiger partial charge in [0.2, 0.25) is 0 Å². The molecular formula is C17H19N3O. The molecule has 0 aromatic heterocycles. The Balaban J connectivity index is 2.18. The molecule has 3 atom stereocenters. The van der Waals surface area contributed by atoms with E-state index in [1.54, 1.807) is 7.11 Å². The van der Waals surface area contributed by atoms with Crippen molar-refractivity contribution in [3.8, 4) is 12.1 Å². The SMILES string of the molecule is COC[C@@H]1CC[C@@H]2N1c1ccccc1[C@H](C)C2(C#N)C#N. The molecule has 3 rings (SSSR count). The highest BCUT2D eigenvalue weighted by Gasteiger charge is 2.56. The molecule has 0 amide bonds. The quantitative estimate of drug-likeness (QED) is 0.836. The van der Waals surface area contributed by atoms with Crippen LogP contribution in [0, 0.1) is 28.1 Å². The second kappa shape index (κ2) is 5.06. The molecule has 4 heteroatoms. The molecule has 1 saturated heterocycles. The van der Waals surface area contributed by atoms with Crippen LogP contribution in [-0.4, -0.2) is 25.8 Å². The van der Waals surface area contributed by atoms with Gasteiger partial charge in [0.15, 0.2) is 5.41 Å². The summed E-state index contributed by atoms with van der Waals surface area (Å²) in [6, 6.07) is 13.1. The van der Waals surface area contributed by atoms with Gasteiger partial charge in [-0.1, -0.05) is 25.1 Å². The number of fused-ring (bicyclic) bond motifs is 3. The van der Waals surface area contributed by atoms with E-state index >= 15 is 0 Å². The molecule has 0 unspecified atom stereocenters. The maximum absolute atomic E-state index is 9.77. The van der Waals surface area contributed by atoms with Crippen LogP contribution in [0.3, 0.4) is 0 Å². The third-order valence-corrected chi connectivity index (χ3v) is 5.12. The first-order valence-electron chi connectivity index (χ1n) is 7.38. The number of anilines is 1. The Bertz CT molecular complexity index is 614. The van der Waals surface area contributed by atoms with Crippen LogP contribution in [0.4, 0.5) is 5.69 Å². The molecule has 2 aliphatic heterocycles. The van der Waals surface area contributed by atoms with Crippen molar-refractivity contribution in [1.29, 1.82) is 10.5 Å². The zero-order valence-corrected chi connectivity index (χ0v) is 12.4. The van der Waals surface area contributed by atoms with E-state index in [9.17, 15) is 10.5 Å². The van der Waals surface area contributed by atoms with Gasteiger partial charge in [-0.2, -0.15) is 10.5 Å². The first-order chi connectivity index (χ1) is 10.2. The topological polar surface area (TPSA) is 60.0 Å². The van der Waals surface area contributed by atoms with E-state index in [1.165, 1.54) is 0 Å². The van der Waals surface area contributed by atoms with Crippen molar-refractivity contribution in [2.75, 3.05) is 18.6 Å². The lowest BCUT2D eigenvalue weighted by atomic mass is 9.66. The summed E-state index contributed by atoms with van der Waals surface area (Å²) in [4.78, 5) is 2.27. The molecule has 0 aliphatic carbocycles. The summed E-state index contributed by atoms with van der Waals surface area (Å²) in [5.41, 5.74) is 1.28. The minimum Gasteiger partial charge on any atom is -0.383 e. The maximum Gasteiger partial charge on any atom is 0.170 e. The summed E-state index contributed by atoms with van der Waals surface area (Å²) in [5, 5.41) is 19.5. The number of para-hydroxylation sites is 1. The molecule has 108 valence electrons. The van der Waals surface area contributed by atoms with Crippen LogP contribution >= 0.6 is 0 Å². The monoisotopic (exact) mass is 281 g/mol. The second-order valence-electron chi connectivity index (χ2n) is 5.98. The minimum absolute atomic E-state index is 0.0439. The molecule has 0 N–H and O–H groups in total. The van der Waals surface area contributed by atoms with E-state index in [0.717, 1.165) is 24.1 Å². The molecule has 1 aromatic rings. The number of nitrogens with zero attached hydrogens (tertiary/aromatic N) is 3. The van der Waals surface area contributed by atoms with Gasteiger partial charge in [0.05, 0.1) is 30.8 Å². The Labute approximate surface area is 125 Å². The predicted molar refractivity (Wildman–Crippen MR) is 79.7 cm³/mol. The van der Waals surface area contributed by atoms with E-state index in [-0.39, 0.29) is 18.0 Å². The van der Waals surface area contributed by atoms with Gasteiger partial charge in [-0.15, -0.1) is 0 Å². The molecule has 4 nitrogen and oxygen atoms in total. The molecule has 2 heterocycles. The molecular weight excluding hydrogens is 262 g/mol. The fourth-order valence-electron chi connectivity index (χ4n) is 4.04. The predicted octanol–water partition coefficient (Wildman–Crippen LogP) is 2.82. The lowest BCUT2D eigenvalue weighted by Gasteiger charge is -2.46. The van der Waals surface area contributed by atoms with Crippen molar-refractivity contribution >= 4 is 5.69 Å². The minimum atomic E-state index is -0.975. The lowest BCUT2D eigenvalue weighted by Crippen LogP contribution is -2.53. The van der Waals surface area contributed by atoms with Crippen LogP contribution in [0.25, 0.3) is 0 Å². The molecule has 2 aliphatic rings. The van der Waals surface area contributed by atoms with Gasteiger partial charge in [-0.25, -0.2) is 0 Å². The van der Waals surface area contributed by atoms with Crippen LogP contribution in [-0.2, 0) is 4.74 Å². The highest BCUT2D eigenvalue weighted by Crippen LogP contribution is 2.53. The molecule has 0 radical (unpaired) electrons. The Morgan fingerprint density at radius 3 is 2.67 bits per heavy atom. The zero-order chi connectivity index (χ0) is 15.0. The van der Waals surface area contributed by atoms with Crippen molar-refractivity contribution in [2.45, 2.75) is 37.8 Å². The summed E-state index contributed by atoms with van der Waals surface area (Å²) in [5.74, 6) is -0.0776. The largest absolute Gasteiger partial charge is 0.383 e. The third-order valence-electron chi connectivity index (χ3n) is 5.12. The molecule has 1 fully saturated rings. The van der Waals surface area contributed by atoms with Gasteiger partial charge in [0.25, 0.3) is 0 Å². The van der Waals surface area contributed by atoms with E-state index in [4.69, 9.17) is 4.74 Å². The third kappa shape index (κ3) is 1.76. The number of ether oxygens (including phenoxy) is 1. The van der Waals surface area contributed by atoms with Crippen LogP contribution < -0.4 is 4.90 Å². The number of rotatable bonds is 2. The number of benzene rings is 1. The second-order valence-corrected chi connectivity index (χ2v) is 5.98. The van der Waals surface area contributed by atoms with E-state index in [2.05, 4.69) is 23.1 Å². The maximum atomic E-state index is 9.77. The summed E-state index contributed by atoms with van der Waals surface area (Å²) in [7, 11) is 1.70. The first-order valence-corrected chi connectivity index (χ1v) is 7.38. The van der Waals surface area contributed by atoms with Crippen LogP contribution in [0.5, 0.6) is 0 Å². The summed E-state index contributed by atoms with van der Waals surface area (Å²) in [6.45, 7) is 2.64. The number of nitriles is 2. The van der Waals surface area contributed by atoms with Crippen molar-refractivity contribution < 1.29 is 4.74 Å². The van der Waals surface area contributed by atoms with Gasteiger partial charge >= 0.3 is 0 Å². The Morgan fingerprint density at radius 2 is 2.00 bits per heavy atom. The highest BCUT2D eigenvalue weighted by molar-refractivity contribution is 5.63. The smallest absolute Gasteiger partial charge is 0.170 e. The van der Waals surface area contributed by atoms with Gasteiger partial charge in [0, 0.05) is 18.7 Å². The van der Waals surface area contributed by atoms with Crippen molar-refractivity contribution in [3.05, 3.63) is 29.8 Å². The van der Waals surface area contributed by atoms with Crippen LogP contribution in [0.1, 0.15) is 31.2 Å². The van der Waals surface area contributed by atoms with E-state index in [0.29, 0.717) is 6.61 Å². The number of methoxy groups -OCH3 is 1. The average Bonchev–Trinajstić information content (AvgIpc) is 2.94. The molecule has 1 aromatic carbocycles. The van der Waals surface area contributed by atoms with Gasteiger partial charge in [0.1, 0.15) is 0 Å². The zero-order valence-electron chi connectivity index (χ0n) is 12.4. The fourth-order valence-corrected chi connectivity index (χ4v) is 4.04. The summed E-state index contributed by atoms with van der Waals surface area (Å²) >= 11 is 0. The normalized spacial score (nSPS) is 29.1. The fraction of sp³-hybridized carbons (Fsp3) is 0.529. The standard InChI is InChI=1S/C17H19N3O/c1-12-14-5-3-4-6-15(14)20-13(9-21-2)7-8-16(20)17(12,10-18)11-19/h3-6,12-13,16H,7-9H2,1-2H3/t12-,13-,16-/m0/s1. The van der Waals surface area contributed by atoms with Crippen molar-refractivity contribution in [1.82, 2.24) is 0 Å². The molecule has 0 spiro atoms. The van der Waals surface area contributed by atoms with E-state index in [1.807, 2.05) is 25.1 Å². The Hall–Kier alpha value is -2.04. The van der Waals surface area contributed by atoms with Gasteiger partial charge < -0.3 is 9.64 Å². The van der Waals surface area contributed by atoms with Gasteiger partial charge in [-0.3, -0.25) is 0 Å². The van der Waals surface area contributed by atoms with E-state index < -0.39 is 5.41 Å². The average molecular weight is 281 g/mol. The van der Waals surface area contributed by atoms with Gasteiger partial charge in [-0.05, 0) is 24.5 Å². The Kier molecular flexibility index (Phi) is 3.35. The van der Waals surface area contributed by atoms with Crippen molar-refractivity contribution in [2.24, 2.45) is 5.41 Å². The molecule has 0 bridgehead atoms. The number of hydrogen-bond donors (Lipinski definition) is 0. The number of hydrogen-bond acceptors (Lipinski definition) is 4. The molecule has 0 saturated carbocycles. The summed E-state index contributed by atoms with van der Waals surface area (Å²) < 4.78 is 5.34. The molecule has 21 heavy (non-hydrogen) atoms.